The summed E-state index contributed by atoms with van der Waals surface area (Å²) in [5, 5.41) is 16.1. The third-order valence-corrected chi connectivity index (χ3v) is 5.16. The zero-order valence-electron chi connectivity index (χ0n) is 18.2. The summed E-state index contributed by atoms with van der Waals surface area (Å²) in [5.41, 5.74) is 4.03. The topological polar surface area (TPSA) is 90.5 Å². The highest BCUT2D eigenvalue weighted by Gasteiger charge is 2.14. The van der Waals surface area contributed by atoms with Crippen molar-refractivity contribution in [2.24, 2.45) is 5.92 Å². The van der Waals surface area contributed by atoms with Crippen molar-refractivity contribution in [3.05, 3.63) is 77.1 Å². The monoisotopic (exact) mass is 449 g/mol. The number of carbonyl (C=O) groups excluding carboxylic acids is 1. The minimum atomic E-state index is -0.186. The number of rotatable bonds is 7. The molecule has 2 heterocycles. The van der Waals surface area contributed by atoms with E-state index in [4.69, 9.17) is 11.6 Å². The highest BCUT2D eigenvalue weighted by atomic mass is 35.5. The SMILES string of the molecule is Cc1cc(C(=O)NCc2cc(Cl)ccc2-n2cncn2)cc(-c2nncn2CC(C)C)c1. The molecule has 164 valence electrons. The number of aryl methyl sites for hydroxylation is 1. The van der Waals surface area contributed by atoms with Crippen LogP contribution in [0.5, 0.6) is 0 Å². The van der Waals surface area contributed by atoms with E-state index >= 15 is 0 Å². The molecule has 1 N–H and O–H groups in total. The Balaban J connectivity index is 1.57. The predicted octanol–water partition coefficient (Wildman–Crippen LogP) is 4.07. The lowest BCUT2D eigenvalue weighted by Crippen LogP contribution is -2.24. The molecule has 0 saturated heterocycles. The summed E-state index contributed by atoms with van der Waals surface area (Å²) in [6.45, 7) is 7.34. The lowest BCUT2D eigenvalue weighted by Gasteiger charge is -2.13. The minimum absolute atomic E-state index is 0.186. The fourth-order valence-corrected chi connectivity index (χ4v) is 3.77. The second-order valence-electron chi connectivity index (χ2n) is 8.08. The smallest absolute Gasteiger partial charge is 0.251 e. The number of aromatic nitrogens is 6. The van der Waals surface area contributed by atoms with E-state index < -0.39 is 0 Å². The van der Waals surface area contributed by atoms with Gasteiger partial charge in [0.2, 0.25) is 0 Å². The Kier molecular flexibility index (Phi) is 6.32. The van der Waals surface area contributed by atoms with Gasteiger partial charge < -0.3 is 9.88 Å². The lowest BCUT2D eigenvalue weighted by atomic mass is 10.0. The van der Waals surface area contributed by atoms with E-state index in [-0.39, 0.29) is 5.91 Å². The Morgan fingerprint density at radius 1 is 1.16 bits per heavy atom. The van der Waals surface area contributed by atoms with Crippen LogP contribution in [0.15, 0.2) is 55.4 Å². The first-order chi connectivity index (χ1) is 15.4. The van der Waals surface area contributed by atoms with Crippen LogP contribution in [0.3, 0.4) is 0 Å². The molecule has 0 bridgehead atoms. The molecule has 0 aliphatic rings. The Morgan fingerprint density at radius 3 is 2.75 bits per heavy atom. The van der Waals surface area contributed by atoms with Gasteiger partial charge in [-0.05, 0) is 60.4 Å². The summed E-state index contributed by atoms with van der Waals surface area (Å²) in [6, 6.07) is 11.2. The zero-order valence-corrected chi connectivity index (χ0v) is 18.9. The van der Waals surface area contributed by atoms with Gasteiger partial charge in [-0.25, -0.2) is 9.67 Å². The number of halogens is 1. The summed E-state index contributed by atoms with van der Waals surface area (Å²) < 4.78 is 3.65. The largest absolute Gasteiger partial charge is 0.348 e. The molecule has 2 aromatic carbocycles. The van der Waals surface area contributed by atoms with E-state index in [0.717, 1.165) is 34.7 Å². The van der Waals surface area contributed by atoms with Gasteiger partial charge in [0.15, 0.2) is 5.82 Å². The molecule has 0 unspecified atom stereocenters. The van der Waals surface area contributed by atoms with E-state index in [1.54, 1.807) is 23.4 Å². The van der Waals surface area contributed by atoms with Gasteiger partial charge in [-0.1, -0.05) is 25.4 Å². The van der Waals surface area contributed by atoms with Crippen molar-refractivity contribution in [3.63, 3.8) is 0 Å². The molecular weight excluding hydrogens is 426 g/mol. The van der Waals surface area contributed by atoms with Crippen LogP contribution in [-0.2, 0) is 13.1 Å². The second kappa shape index (κ2) is 9.32. The number of nitrogens with zero attached hydrogens (tertiary/aromatic N) is 6. The number of nitrogens with one attached hydrogen (secondary N) is 1. The van der Waals surface area contributed by atoms with Crippen LogP contribution in [0.1, 0.15) is 35.3 Å². The molecule has 9 heteroatoms. The fourth-order valence-electron chi connectivity index (χ4n) is 3.58. The van der Waals surface area contributed by atoms with E-state index in [1.165, 1.54) is 6.33 Å². The van der Waals surface area contributed by atoms with Crippen LogP contribution in [0.25, 0.3) is 17.1 Å². The molecular formula is C23H24ClN7O. The van der Waals surface area contributed by atoms with Crippen LogP contribution in [-0.4, -0.2) is 35.4 Å². The Morgan fingerprint density at radius 2 is 2.00 bits per heavy atom. The van der Waals surface area contributed by atoms with Crippen molar-refractivity contribution in [2.75, 3.05) is 0 Å². The van der Waals surface area contributed by atoms with Crippen molar-refractivity contribution >= 4 is 17.5 Å². The molecule has 4 aromatic rings. The summed E-state index contributed by atoms with van der Waals surface area (Å²) in [4.78, 5) is 17.0. The molecule has 0 aliphatic heterocycles. The molecule has 0 saturated carbocycles. The number of amides is 1. The fraction of sp³-hybridized carbons (Fsp3) is 0.261. The van der Waals surface area contributed by atoms with E-state index in [1.807, 2.05) is 41.8 Å². The van der Waals surface area contributed by atoms with Crippen LogP contribution in [0.4, 0.5) is 0 Å². The van der Waals surface area contributed by atoms with E-state index in [0.29, 0.717) is 23.0 Å². The van der Waals surface area contributed by atoms with Crippen LogP contribution < -0.4 is 5.32 Å². The molecule has 8 nitrogen and oxygen atoms in total. The average molecular weight is 450 g/mol. The van der Waals surface area contributed by atoms with Crippen molar-refractivity contribution in [2.45, 2.75) is 33.9 Å². The first kappa shape index (κ1) is 21.7. The summed E-state index contributed by atoms with van der Waals surface area (Å²) in [7, 11) is 0. The van der Waals surface area contributed by atoms with Gasteiger partial charge in [-0.2, -0.15) is 5.10 Å². The van der Waals surface area contributed by atoms with E-state index in [9.17, 15) is 4.79 Å². The first-order valence-electron chi connectivity index (χ1n) is 10.3. The van der Waals surface area contributed by atoms with Gasteiger partial charge in [0.25, 0.3) is 5.91 Å². The molecule has 0 atom stereocenters. The number of carbonyl (C=O) groups is 1. The van der Waals surface area contributed by atoms with Crippen molar-refractivity contribution in [1.82, 2.24) is 34.8 Å². The van der Waals surface area contributed by atoms with Crippen molar-refractivity contribution in [1.29, 1.82) is 0 Å². The molecule has 2 aromatic heterocycles. The Bertz CT molecular complexity index is 1230. The lowest BCUT2D eigenvalue weighted by molar-refractivity contribution is 0.0951. The summed E-state index contributed by atoms with van der Waals surface area (Å²) in [5.74, 6) is 1.02. The van der Waals surface area contributed by atoms with Crippen LogP contribution in [0, 0.1) is 12.8 Å². The quantitative estimate of drug-likeness (QED) is 0.459. The molecule has 1 amide bonds. The predicted molar refractivity (Wildman–Crippen MR) is 123 cm³/mol. The standard InChI is InChI=1S/C23H24ClN7O/c1-15(2)11-30-14-27-29-22(30)17-6-16(3)7-18(8-17)23(32)26-10-19-9-20(24)4-5-21(19)31-13-25-12-28-31/h4-9,12-15H,10-11H2,1-3H3,(H,26,32). The van der Waals surface area contributed by atoms with Gasteiger partial charge in [-0.15, -0.1) is 10.2 Å². The normalized spacial score (nSPS) is 11.2. The van der Waals surface area contributed by atoms with Crippen molar-refractivity contribution in [3.8, 4) is 17.1 Å². The molecule has 0 fully saturated rings. The Labute approximate surface area is 191 Å². The highest BCUT2D eigenvalue weighted by molar-refractivity contribution is 6.30. The molecule has 0 aliphatic carbocycles. The Hall–Kier alpha value is -3.52. The maximum Gasteiger partial charge on any atom is 0.251 e. The maximum absolute atomic E-state index is 13.0. The van der Waals surface area contributed by atoms with Gasteiger partial charge in [-0.3, -0.25) is 4.79 Å². The van der Waals surface area contributed by atoms with Gasteiger partial charge in [0, 0.05) is 29.2 Å². The number of benzene rings is 2. The average Bonchev–Trinajstić information content (AvgIpc) is 3.43. The van der Waals surface area contributed by atoms with Crippen LogP contribution >= 0.6 is 11.6 Å². The van der Waals surface area contributed by atoms with Crippen molar-refractivity contribution < 1.29 is 4.79 Å². The summed E-state index contributed by atoms with van der Waals surface area (Å²) in [6.07, 6.45) is 4.79. The van der Waals surface area contributed by atoms with Gasteiger partial charge >= 0.3 is 0 Å². The first-order valence-corrected chi connectivity index (χ1v) is 10.7. The second-order valence-corrected chi connectivity index (χ2v) is 8.52. The molecule has 4 rings (SSSR count). The third-order valence-electron chi connectivity index (χ3n) is 4.92. The number of hydrogen-bond donors (Lipinski definition) is 1. The molecule has 0 radical (unpaired) electrons. The van der Waals surface area contributed by atoms with Gasteiger partial charge in [0.05, 0.1) is 5.69 Å². The van der Waals surface area contributed by atoms with E-state index in [2.05, 4.69) is 39.4 Å². The maximum atomic E-state index is 13.0. The zero-order chi connectivity index (χ0) is 22.7. The molecule has 32 heavy (non-hydrogen) atoms. The third kappa shape index (κ3) is 4.86. The molecule has 0 spiro atoms. The van der Waals surface area contributed by atoms with Crippen LogP contribution in [0.2, 0.25) is 5.02 Å². The highest BCUT2D eigenvalue weighted by Crippen LogP contribution is 2.22. The number of hydrogen-bond acceptors (Lipinski definition) is 5. The summed E-state index contributed by atoms with van der Waals surface area (Å²) >= 11 is 6.19. The van der Waals surface area contributed by atoms with Gasteiger partial charge in [0.1, 0.15) is 19.0 Å². The minimum Gasteiger partial charge on any atom is -0.348 e.